The van der Waals surface area contributed by atoms with Gasteiger partial charge in [0, 0.05) is 32.2 Å². The Labute approximate surface area is 193 Å². The number of carbonyl (C=O) groups is 2. The summed E-state index contributed by atoms with van der Waals surface area (Å²) in [5.74, 6) is -0.744. The van der Waals surface area contributed by atoms with Gasteiger partial charge in [0.05, 0.1) is 21.5 Å². The molecule has 2 aliphatic rings. The van der Waals surface area contributed by atoms with Gasteiger partial charge in [-0.25, -0.2) is 8.42 Å². The molecule has 0 aliphatic carbocycles. The molecule has 1 fully saturated rings. The number of hydrogen-bond acceptors (Lipinski definition) is 4. The Balaban J connectivity index is 1.52. The fourth-order valence-electron chi connectivity index (χ4n) is 4.38. The van der Waals surface area contributed by atoms with E-state index in [0.717, 1.165) is 24.1 Å². The smallest absolute Gasteiger partial charge is 0.243 e. The highest BCUT2D eigenvalue weighted by Gasteiger charge is 2.34. The molecule has 1 atom stereocenters. The van der Waals surface area contributed by atoms with Crippen LogP contribution >= 0.6 is 11.6 Å². The Morgan fingerprint density at radius 1 is 1.09 bits per heavy atom. The largest absolute Gasteiger partial charge is 0.324 e. The van der Waals surface area contributed by atoms with Gasteiger partial charge in [-0.05, 0) is 61.6 Å². The minimum Gasteiger partial charge on any atom is -0.324 e. The molecule has 0 saturated carbocycles. The fourth-order valence-corrected chi connectivity index (χ4v) is 6.14. The number of para-hydroxylation sites is 1. The van der Waals surface area contributed by atoms with E-state index < -0.39 is 15.9 Å². The summed E-state index contributed by atoms with van der Waals surface area (Å²) >= 11 is 6.13. The van der Waals surface area contributed by atoms with Crippen molar-refractivity contribution in [3.63, 3.8) is 0 Å². The number of nitrogens with one attached hydrogen (secondary N) is 1. The van der Waals surface area contributed by atoms with Crippen LogP contribution in [0.4, 0.5) is 11.4 Å². The van der Waals surface area contributed by atoms with E-state index in [0.29, 0.717) is 36.6 Å². The standard InChI is InChI=1S/C23H26ClN3O4S/c1-16(28)27-13-5-6-17-14-19(10-11-22(17)27)32(30,31)26-12-4-7-18(15-26)23(29)25-21-9-3-2-8-20(21)24/h2-3,8-11,14,18H,4-7,12-13,15H2,1H3,(H,25,29)/t18-/m1/s1. The zero-order chi connectivity index (χ0) is 22.9. The van der Waals surface area contributed by atoms with Crippen LogP contribution in [0.25, 0.3) is 0 Å². The lowest BCUT2D eigenvalue weighted by Gasteiger charge is -2.32. The maximum Gasteiger partial charge on any atom is 0.243 e. The Morgan fingerprint density at radius 2 is 1.88 bits per heavy atom. The van der Waals surface area contributed by atoms with E-state index >= 15 is 0 Å². The molecule has 0 aromatic heterocycles. The fraction of sp³-hybridized carbons (Fsp3) is 0.391. The summed E-state index contributed by atoms with van der Waals surface area (Å²) < 4.78 is 28.1. The van der Waals surface area contributed by atoms with Gasteiger partial charge in [0.1, 0.15) is 0 Å². The number of sulfonamides is 1. The first-order valence-electron chi connectivity index (χ1n) is 10.7. The van der Waals surface area contributed by atoms with Crippen LogP contribution in [0.3, 0.4) is 0 Å². The second kappa shape index (κ2) is 9.21. The van der Waals surface area contributed by atoms with Crippen LogP contribution in [0.1, 0.15) is 31.7 Å². The van der Waals surface area contributed by atoms with E-state index in [1.54, 1.807) is 47.4 Å². The minimum absolute atomic E-state index is 0.0510. The highest BCUT2D eigenvalue weighted by atomic mass is 35.5. The molecule has 0 spiro atoms. The number of piperidine rings is 1. The summed E-state index contributed by atoms with van der Waals surface area (Å²) in [6, 6.07) is 11.9. The van der Waals surface area contributed by atoms with Gasteiger partial charge in [-0.15, -0.1) is 0 Å². The lowest BCUT2D eigenvalue weighted by atomic mass is 9.99. The first-order valence-corrected chi connectivity index (χ1v) is 12.6. The summed E-state index contributed by atoms with van der Waals surface area (Å²) in [5, 5.41) is 3.26. The van der Waals surface area contributed by atoms with Crippen molar-refractivity contribution in [3.8, 4) is 0 Å². The number of anilines is 2. The zero-order valence-electron chi connectivity index (χ0n) is 17.9. The third-order valence-corrected chi connectivity index (χ3v) is 8.26. The predicted molar refractivity (Wildman–Crippen MR) is 124 cm³/mol. The van der Waals surface area contributed by atoms with Crippen LogP contribution in [0.2, 0.25) is 5.02 Å². The number of fused-ring (bicyclic) bond motifs is 1. The maximum absolute atomic E-state index is 13.4. The predicted octanol–water partition coefficient (Wildman–Crippen LogP) is 3.68. The van der Waals surface area contributed by atoms with Gasteiger partial charge in [0.25, 0.3) is 0 Å². The third-order valence-electron chi connectivity index (χ3n) is 6.07. The van der Waals surface area contributed by atoms with Crippen molar-refractivity contribution < 1.29 is 18.0 Å². The molecule has 9 heteroatoms. The molecule has 1 N–H and O–H groups in total. The molecule has 32 heavy (non-hydrogen) atoms. The molecule has 2 aliphatic heterocycles. The van der Waals surface area contributed by atoms with Crippen LogP contribution in [-0.4, -0.2) is 44.2 Å². The zero-order valence-corrected chi connectivity index (χ0v) is 19.5. The molecule has 0 radical (unpaired) electrons. The van der Waals surface area contributed by atoms with Gasteiger partial charge < -0.3 is 10.2 Å². The average Bonchev–Trinajstić information content (AvgIpc) is 2.79. The molecule has 0 unspecified atom stereocenters. The van der Waals surface area contributed by atoms with E-state index in [-0.39, 0.29) is 23.3 Å². The molecule has 2 heterocycles. The van der Waals surface area contributed by atoms with E-state index in [1.807, 2.05) is 0 Å². The van der Waals surface area contributed by atoms with Crippen LogP contribution in [0.15, 0.2) is 47.4 Å². The molecule has 2 aromatic carbocycles. The lowest BCUT2D eigenvalue weighted by molar-refractivity contribution is -0.121. The van der Waals surface area contributed by atoms with Gasteiger partial charge in [-0.3, -0.25) is 9.59 Å². The third kappa shape index (κ3) is 4.53. The van der Waals surface area contributed by atoms with Gasteiger partial charge in [-0.1, -0.05) is 23.7 Å². The molecular formula is C23H26ClN3O4S. The normalized spacial score (nSPS) is 19.3. The summed E-state index contributed by atoms with van der Waals surface area (Å²) in [5.41, 5.74) is 2.15. The molecule has 7 nitrogen and oxygen atoms in total. The minimum atomic E-state index is -3.76. The van der Waals surface area contributed by atoms with E-state index in [1.165, 1.54) is 11.2 Å². The summed E-state index contributed by atoms with van der Waals surface area (Å²) in [6.45, 7) is 2.65. The topological polar surface area (TPSA) is 86.8 Å². The summed E-state index contributed by atoms with van der Waals surface area (Å²) in [6.07, 6.45) is 2.73. The Morgan fingerprint density at radius 3 is 2.62 bits per heavy atom. The monoisotopic (exact) mass is 475 g/mol. The highest BCUT2D eigenvalue weighted by molar-refractivity contribution is 7.89. The number of amides is 2. The molecule has 4 rings (SSSR count). The van der Waals surface area contributed by atoms with E-state index in [2.05, 4.69) is 5.32 Å². The number of rotatable bonds is 4. The van der Waals surface area contributed by atoms with Crippen molar-refractivity contribution in [2.45, 2.75) is 37.5 Å². The van der Waals surface area contributed by atoms with Crippen molar-refractivity contribution >= 4 is 44.8 Å². The van der Waals surface area contributed by atoms with Crippen molar-refractivity contribution in [1.82, 2.24) is 4.31 Å². The average molecular weight is 476 g/mol. The van der Waals surface area contributed by atoms with E-state index in [4.69, 9.17) is 11.6 Å². The van der Waals surface area contributed by atoms with Crippen molar-refractivity contribution in [1.29, 1.82) is 0 Å². The molecule has 2 aromatic rings. The van der Waals surface area contributed by atoms with Gasteiger partial charge >= 0.3 is 0 Å². The van der Waals surface area contributed by atoms with Crippen LogP contribution in [0, 0.1) is 5.92 Å². The van der Waals surface area contributed by atoms with Crippen molar-refractivity contribution in [3.05, 3.63) is 53.1 Å². The second-order valence-electron chi connectivity index (χ2n) is 8.24. The SMILES string of the molecule is CC(=O)N1CCCc2cc(S(=O)(=O)N3CCC[C@@H](C(=O)Nc4ccccc4Cl)C3)ccc21. The number of halogens is 1. The molecule has 0 bridgehead atoms. The highest BCUT2D eigenvalue weighted by Crippen LogP contribution is 2.32. The lowest BCUT2D eigenvalue weighted by Crippen LogP contribution is -2.43. The summed E-state index contributed by atoms with van der Waals surface area (Å²) in [7, 11) is -3.76. The van der Waals surface area contributed by atoms with E-state index in [9.17, 15) is 18.0 Å². The number of nitrogens with zero attached hydrogens (tertiary/aromatic N) is 2. The van der Waals surface area contributed by atoms with Crippen LogP contribution in [0.5, 0.6) is 0 Å². The maximum atomic E-state index is 13.4. The molecule has 1 saturated heterocycles. The number of carbonyl (C=O) groups excluding carboxylic acids is 2. The van der Waals surface area contributed by atoms with Crippen LogP contribution < -0.4 is 10.2 Å². The first-order chi connectivity index (χ1) is 15.3. The number of benzene rings is 2. The molecular weight excluding hydrogens is 450 g/mol. The Kier molecular flexibility index (Phi) is 6.55. The Hall–Kier alpha value is -2.42. The quantitative estimate of drug-likeness (QED) is 0.730. The second-order valence-corrected chi connectivity index (χ2v) is 10.6. The molecule has 2 amide bonds. The first kappa shape index (κ1) is 22.8. The van der Waals surface area contributed by atoms with Crippen LogP contribution in [-0.2, 0) is 26.0 Å². The van der Waals surface area contributed by atoms with Crippen molar-refractivity contribution in [2.75, 3.05) is 29.9 Å². The van der Waals surface area contributed by atoms with Gasteiger partial charge in [0.15, 0.2) is 0 Å². The van der Waals surface area contributed by atoms with Gasteiger partial charge in [-0.2, -0.15) is 4.31 Å². The van der Waals surface area contributed by atoms with Crippen molar-refractivity contribution in [2.24, 2.45) is 5.92 Å². The van der Waals surface area contributed by atoms with Gasteiger partial charge in [0.2, 0.25) is 21.8 Å². The number of aryl methyl sites for hydroxylation is 1. The number of hydrogen-bond donors (Lipinski definition) is 1. The summed E-state index contributed by atoms with van der Waals surface area (Å²) in [4.78, 5) is 26.6. The Bertz CT molecular complexity index is 1150. The molecule has 170 valence electrons.